The summed E-state index contributed by atoms with van der Waals surface area (Å²) in [6, 6.07) is 0. The summed E-state index contributed by atoms with van der Waals surface area (Å²) in [5.74, 6) is 0. The molecule has 12 heavy (non-hydrogen) atoms. The summed E-state index contributed by atoms with van der Waals surface area (Å²) in [7, 11) is 0. The van der Waals surface area contributed by atoms with E-state index in [0.717, 1.165) is 0 Å². The van der Waals surface area contributed by atoms with Gasteiger partial charge >= 0.3 is 0 Å². The molecule has 72 valence electrons. The van der Waals surface area contributed by atoms with Crippen molar-refractivity contribution >= 4 is 0 Å². The molecule has 0 saturated carbocycles. The zero-order valence-electron chi connectivity index (χ0n) is 9.03. The van der Waals surface area contributed by atoms with Crippen molar-refractivity contribution in [3.63, 3.8) is 0 Å². The van der Waals surface area contributed by atoms with Gasteiger partial charge < -0.3 is 0 Å². The highest BCUT2D eigenvalue weighted by atomic mass is 14.1. The molecule has 0 radical (unpaired) electrons. The van der Waals surface area contributed by atoms with Crippen LogP contribution in [0.1, 0.15) is 65.7 Å². The molecule has 0 saturated heterocycles. The molecule has 1 aliphatic rings. The van der Waals surface area contributed by atoms with Gasteiger partial charge in [0.2, 0.25) is 0 Å². The molecule has 1 aliphatic carbocycles. The molecule has 0 aromatic rings. The molecule has 0 aliphatic heterocycles. The zero-order chi connectivity index (χ0) is 9.23. The number of hydrogen-bond donors (Lipinski definition) is 0. The third-order valence-electron chi connectivity index (χ3n) is 1.96. The average Bonchev–Trinajstić information content (AvgIpc) is 2.08. The SMILES string of the molecule is CCC.CCCC1=CCCCC1. The Labute approximate surface area is 78.1 Å². The minimum Gasteiger partial charge on any atom is -0.0853 e. The molecule has 0 unspecified atom stereocenters. The zero-order valence-corrected chi connectivity index (χ0v) is 9.03. The number of rotatable bonds is 2. The van der Waals surface area contributed by atoms with Crippen LogP contribution in [0.15, 0.2) is 11.6 Å². The molecular formula is C12H24. The highest BCUT2D eigenvalue weighted by Gasteiger charge is 2.00. The fourth-order valence-corrected chi connectivity index (χ4v) is 1.45. The van der Waals surface area contributed by atoms with Gasteiger partial charge in [-0.3, -0.25) is 0 Å². The summed E-state index contributed by atoms with van der Waals surface area (Å²) in [5.41, 5.74) is 1.71. The first-order valence-corrected chi connectivity index (χ1v) is 5.53. The molecule has 0 aromatic heterocycles. The summed E-state index contributed by atoms with van der Waals surface area (Å²) >= 11 is 0. The van der Waals surface area contributed by atoms with E-state index in [1.54, 1.807) is 5.57 Å². The van der Waals surface area contributed by atoms with E-state index in [0.29, 0.717) is 0 Å². The van der Waals surface area contributed by atoms with Crippen LogP contribution in [-0.4, -0.2) is 0 Å². The molecule has 0 bridgehead atoms. The maximum Gasteiger partial charge on any atom is -0.0320 e. The van der Waals surface area contributed by atoms with Gasteiger partial charge in [-0.05, 0) is 32.1 Å². The predicted molar refractivity (Wildman–Crippen MR) is 57.4 cm³/mol. The first kappa shape index (κ1) is 11.7. The van der Waals surface area contributed by atoms with Gasteiger partial charge in [0.15, 0.2) is 0 Å². The lowest BCUT2D eigenvalue weighted by Gasteiger charge is -2.10. The lowest BCUT2D eigenvalue weighted by molar-refractivity contribution is 0.670. The molecule has 1 rings (SSSR count). The Hall–Kier alpha value is -0.260. The fourth-order valence-electron chi connectivity index (χ4n) is 1.45. The van der Waals surface area contributed by atoms with Crippen LogP contribution in [0.25, 0.3) is 0 Å². The molecular weight excluding hydrogens is 144 g/mol. The van der Waals surface area contributed by atoms with Crippen LogP contribution in [0.5, 0.6) is 0 Å². The number of allylic oxidation sites excluding steroid dienone is 2. The van der Waals surface area contributed by atoms with Gasteiger partial charge in [0.1, 0.15) is 0 Å². The van der Waals surface area contributed by atoms with Crippen molar-refractivity contribution in [2.75, 3.05) is 0 Å². The maximum absolute atomic E-state index is 2.44. The van der Waals surface area contributed by atoms with E-state index in [2.05, 4.69) is 26.8 Å². The molecule has 0 heterocycles. The van der Waals surface area contributed by atoms with Crippen LogP contribution in [0.3, 0.4) is 0 Å². The highest BCUT2D eigenvalue weighted by Crippen LogP contribution is 2.20. The first-order valence-electron chi connectivity index (χ1n) is 5.53. The summed E-state index contributed by atoms with van der Waals surface area (Å²) in [6.45, 7) is 6.51. The van der Waals surface area contributed by atoms with E-state index in [-0.39, 0.29) is 0 Å². The largest absolute Gasteiger partial charge is 0.0853 e. The van der Waals surface area contributed by atoms with Crippen molar-refractivity contribution in [1.29, 1.82) is 0 Å². The van der Waals surface area contributed by atoms with Crippen LogP contribution in [-0.2, 0) is 0 Å². The molecule has 0 atom stereocenters. The smallest absolute Gasteiger partial charge is 0.0320 e. The Morgan fingerprint density at radius 2 is 1.83 bits per heavy atom. The van der Waals surface area contributed by atoms with Gasteiger partial charge in [-0.25, -0.2) is 0 Å². The van der Waals surface area contributed by atoms with E-state index in [4.69, 9.17) is 0 Å². The predicted octanol–water partition coefficient (Wildman–Crippen LogP) is 4.70. The average molecular weight is 168 g/mol. The van der Waals surface area contributed by atoms with Crippen LogP contribution in [0, 0.1) is 0 Å². The molecule has 0 heteroatoms. The molecule has 0 amide bonds. The molecule has 0 nitrogen and oxygen atoms in total. The van der Waals surface area contributed by atoms with Crippen molar-refractivity contribution in [2.45, 2.75) is 65.7 Å². The quantitative estimate of drug-likeness (QED) is 0.524. The minimum atomic E-state index is 1.25. The highest BCUT2D eigenvalue weighted by molar-refractivity contribution is 5.04. The van der Waals surface area contributed by atoms with E-state index in [9.17, 15) is 0 Å². The molecule has 0 aromatic carbocycles. The monoisotopic (exact) mass is 168 g/mol. The Balaban J connectivity index is 0.000000354. The van der Waals surface area contributed by atoms with E-state index >= 15 is 0 Å². The van der Waals surface area contributed by atoms with Crippen LogP contribution in [0.2, 0.25) is 0 Å². The normalized spacial score (nSPS) is 16.1. The van der Waals surface area contributed by atoms with Crippen molar-refractivity contribution in [1.82, 2.24) is 0 Å². The van der Waals surface area contributed by atoms with Crippen molar-refractivity contribution in [3.05, 3.63) is 11.6 Å². The van der Waals surface area contributed by atoms with Crippen molar-refractivity contribution in [3.8, 4) is 0 Å². The number of hydrogen-bond acceptors (Lipinski definition) is 0. The second-order valence-corrected chi connectivity index (χ2v) is 3.57. The Morgan fingerprint density at radius 3 is 2.25 bits per heavy atom. The fraction of sp³-hybridized carbons (Fsp3) is 0.833. The third kappa shape index (κ3) is 6.45. The van der Waals surface area contributed by atoms with Gasteiger partial charge in [0, 0.05) is 0 Å². The van der Waals surface area contributed by atoms with Crippen molar-refractivity contribution < 1.29 is 0 Å². The minimum absolute atomic E-state index is 1.25. The molecule has 0 fully saturated rings. The van der Waals surface area contributed by atoms with Gasteiger partial charge in [-0.2, -0.15) is 0 Å². The molecule has 0 spiro atoms. The second-order valence-electron chi connectivity index (χ2n) is 3.57. The maximum atomic E-state index is 2.44. The lowest BCUT2D eigenvalue weighted by atomic mass is 9.96. The van der Waals surface area contributed by atoms with E-state index in [1.165, 1.54) is 44.9 Å². The van der Waals surface area contributed by atoms with Gasteiger partial charge in [-0.1, -0.05) is 45.3 Å². The van der Waals surface area contributed by atoms with Gasteiger partial charge in [0.05, 0.1) is 0 Å². The Kier molecular flexibility index (Phi) is 8.64. The van der Waals surface area contributed by atoms with Crippen LogP contribution < -0.4 is 0 Å². The Morgan fingerprint density at radius 1 is 1.17 bits per heavy atom. The summed E-state index contributed by atoms with van der Waals surface area (Å²) < 4.78 is 0. The van der Waals surface area contributed by atoms with Crippen LogP contribution >= 0.6 is 0 Å². The Bertz CT molecular complexity index is 111. The third-order valence-corrected chi connectivity index (χ3v) is 1.96. The molecule has 0 N–H and O–H groups in total. The van der Waals surface area contributed by atoms with Crippen molar-refractivity contribution in [2.24, 2.45) is 0 Å². The lowest BCUT2D eigenvalue weighted by Crippen LogP contribution is -1.90. The van der Waals surface area contributed by atoms with E-state index in [1.807, 2.05) is 0 Å². The van der Waals surface area contributed by atoms with Crippen LogP contribution in [0.4, 0.5) is 0 Å². The summed E-state index contributed by atoms with van der Waals surface area (Å²) in [6.07, 6.45) is 11.9. The van der Waals surface area contributed by atoms with E-state index < -0.39 is 0 Å². The van der Waals surface area contributed by atoms with Gasteiger partial charge in [0.25, 0.3) is 0 Å². The second kappa shape index (κ2) is 8.83. The summed E-state index contributed by atoms with van der Waals surface area (Å²) in [5, 5.41) is 0. The van der Waals surface area contributed by atoms with Gasteiger partial charge in [-0.15, -0.1) is 0 Å². The standard InChI is InChI=1S/C9H16.C3H8/c1-2-6-9-7-4-3-5-8-9;1-3-2/h7H,2-6,8H2,1H3;3H2,1-2H3. The summed E-state index contributed by atoms with van der Waals surface area (Å²) in [4.78, 5) is 0. The topological polar surface area (TPSA) is 0 Å². The first-order chi connectivity index (χ1) is 5.85.